The van der Waals surface area contributed by atoms with Gasteiger partial charge in [-0.1, -0.05) is 24.3 Å². The van der Waals surface area contributed by atoms with Crippen molar-refractivity contribution in [3.63, 3.8) is 0 Å². The second-order valence-corrected chi connectivity index (χ2v) is 7.88. The van der Waals surface area contributed by atoms with Crippen LogP contribution in [0.5, 0.6) is 0 Å². The third kappa shape index (κ3) is 4.15. The first-order valence-corrected chi connectivity index (χ1v) is 9.91. The van der Waals surface area contributed by atoms with Crippen molar-refractivity contribution in [2.45, 2.75) is 19.5 Å². The van der Waals surface area contributed by atoms with E-state index in [9.17, 15) is 9.59 Å². The van der Waals surface area contributed by atoms with Gasteiger partial charge in [-0.2, -0.15) is 0 Å². The monoisotopic (exact) mass is 371 g/mol. The Bertz CT molecular complexity index is 656. The fourth-order valence-electron chi connectivity index (χ4n) is 4.15. The molecule has 2 amide bonds. The van der Waals surface area contributed by atoms with E-state index in [1.54, 1.807) is 10.0 Å². The highest BCUT2D eigenvalue weighted by Gasteiger charge is 2.35. The molecular weight excluding hydrogens is 342 g/mol. The second-order valence-electron chi connectivity index (χ2n) is 7.88. The van der Waals surface area contributed by atoms with Crippen molar-refractivity contribution < 1.29 is 9.59 Å². The first-order chi connectivity index (χ1) is 13.1. The van der Waals surface area contributed by atoms with E-state index in [1.165, 1.54) is 0 Å². The summed E-state index contributed by atoms with van der Waals surface area (Å²) in [4.78, 5) is 32.4. The molecule has 0 spiro atoms. The van der Waals surface area contributed by atoms with Gasteiger partial charge in [0.1, 0.15) is 0 Å². The number of carbonyl (C=O) groups is 2. The van der Waals surface area contributed by atoms with Gasteiger partial charge in [-0.3, -0.25) is 14.5 Å². The Labute approximate surface area is 161 Å². The van der Waals surface area contributed by atoms with Crippen molar-refractivity contribution in [1.29, 1.82) is 0 Å². The molecule has 0 aromatic heterocycles. The van der Waals surface area contributed by atoms with Gasteiger partial charge in [-0.05, 0) is 31.1 Å². The molecule has 4 rings (SSSR count). The molecule has 0 N–H and O–H groups in total. The summed E-state index contributed by atoms with van der Waals surface area (Å²) in [5.41, 5.74) is 2.27. The van der Waals surface area contributed by atoms with Crippen LogP contribution >= 0.6 is 0 Å². The molecule has 146 valence electrons. The van der Waals surface area contributed by atoms with Crippen LogP contribution in [-0.2, 0) is 22.7 Å². The highest BCUT2D eigenvalue weighted by atomic mass is 16.2. The molecule has 2 fully saturated rings. The van der Waals surface area contributed by atoms with Crippen LogP contribution in [0.25, 0.3) is 0 Å². The highest BCUT2D eigenvalue weighted by Crippen LogP contribution is 2.24. The number of hydrogen-bond acceptors (Lipinski definition) is 5. The average molecular weight is 371 g/mol. The van der Waals surface area contributed by atoms with Gasteiger partial charge in [-0.15, -0.1) is 0 Å². The number of benzene rings is 1. The number of piperazine rings is 1. The van der Waals surface area contributed by atoms with Crippen LogP contribution in [0.3, 0.4) is 0 Å². The summed E-state index contributed by atoms with van der Waals surface area (Å²) in [7, 11) is 2.16. The third-order valence-corrected chi connectivity index (χ3v) is 5.89. The molecule has 2 saturated heterocycles. The zero-order valence-electron chi connectivity index (χ0n) is 16.1. The predicted molar refractivity (Wildman–Crippen MR) is 103 cm³/mol. The first-order valence-electron chi connectivity index (χ1n) is 9.91. The summed E-state index contributed by atoms with van der Waals surface area (Å²) in [6, 6.07) is 8.07. The summed E-state index contributed by atoms with van der Waals surface area (Å²) in [5.74, 6) is 0.0462. The molecule has 0 saturated carbocycles. The maximum atomic E-state index is 12.8. The first kappa shape index (κ1) is 18.4. The van der Waals surface area contributed by atoms with Gasteiger partial charge in [0.15, 0.2) is 0 Å². The van der Waals surface area contributed by atoms with Crippen molar-refractivity contribution in [1.82, 2.24) is 24.7 Å². The van der Waals surface area contributed by atoms with E-state index in [0.717, 1.165) is 56.8 Å². The number of rotatable bonds is 4. The molecule has 1 aromatic rings. The lowest BCUT2D eigenvalue weighted by atomic mass is 10.1. The van der Waals surface area contributed by atoms with Crippen molar-refractivity contribution in [3.8, 4) is 0 Å². The van der Waals surface area contributed by atoms with E-state index in [0.29, 0.717) is 26.2 Å². The molecular formula is C20H29N5O2. The second kappa shape index (κ2) is 7.96. The molecule has 0 aliphatic carbocycles. The number of likely N-dealkylation sites (N-methyl/N-ethyl adjacent to an activating group) is 1. The smallest absolute Gasteiger partial charge is 0.255 e. The van der Waals surface area contributed by atoms with E-state index >= 15 is 0 Å². The highest BCUT2D eigenvalue weighted by molar-refractivity contribution is 5.87. The zero-order chi connectivity index (χ0) is 18.8. The number of hydrogen-bond donors (Lipinski definition) is 0. The molecule has 0 bridgehead atoms. The number of hydrazine groups is 1. The van der Waals surface area contributed by atoms with Crippen molar-refractivity contribution in [2.75, 3.05) is 59.4 Å². The normalized spacial score (nSPS) is 22.6. The van der Waals surface area contributed by atoms with Crippen LogP contribution in [0, 0.1) is 0 Å². The minimum Gasteiger partial charge on any atom is -0.304 e. The molecule has 7 nitrogen and oxygen atoms in total. The van der Waals surface area contributed by atoms with Crippen molar-refractivity contribution >= 4 is 11.8 Å². The van der Waals surface area contributed by atoms with Gasteiger partial charge in [0.05, 0.1) is 26.2 Å². The molecule has 0 radical (unpaired) electrons. The number of carbonyl (C=O) groups excluding carboxylic acids is 2. The topological polar surface area (TPSA) is 50.3 Å². The SMILES string of the molecule is CN1CCN(CCCN2CC(=O)N3Cc4ccccc4CN3C(=O)C2)CC1. The molecule has 0 atom stereocenters. The Kier molecular flexibility index (Phi) is 5.43. The van der Waals surface area contributed by atoms with Gasteiger partial charge < -0.3 is 9.80 Å². The van der Waals surface area contributed by atoms with Crippen LogP contribution in [0.15, 0.2) is 24.3 Å². The molecule has 3 heterocycles. The van der Waals surface area contributed by atoms with E-state index in [2.05, 4.69) is 16.8 Å². The van der Waals surface area contributed by atoms with Crippen LogP contribution in [0.2, 0.25) is 0 Å². The lowest BCUT2D eigenvalue weighted by Gasteiger charge is -2.37. The molecule has 1 aromatic carbocycles. The Morgan fingerprint density at radius 3 is 1.81 bits per heavy atom. The van der Waals surface area contributed by atoms with Gasteiger partial charge in [0.2, 0.25) is 0 Å². The summed E-state index contributed by atoms with van der Waals surface area (Å²) < 4.78 is 0. The van der Waals surface area contributed by atoms with Crippen LogP contribution in [-0.4, -0.2) is 95.9 Å². The molecule has 3 aliphatic heterocycles. The quantitative estimate of drug-likeness (QED) is 0.758. The van der Waals surface area contributed by atoms with Crippen LogP contribution in [0.4, 0.5) is 0 Å². The minimum absolute atomic E-state index is 0.0231. The fourth-order valence-corrected chi connectivity index (χ4v) is 4.15. The van der Waals surface area contributed by atoms with Gasteiger partial charge in [0.25, 0.3) is 11.8 Å². The molecule has 7 heteroatoms. The Morgan fingerprint density at radius 2 is 1.26 bits per heavy atom. The van der Waals surface area contributed by atoms with E-state index < -0.39 is 0 Å². The Hall–Kier alpha value is -1.96. The summed E-state index contributed by atoms with van der Waals surface area (Å²) in [6.45, 7) is 7.91. The minimum atomic E-state index is 0.0231. The average Bonchev–Trinajstić information content (AvgIpc) is 2.78. The van der Waals surface area contributed by atoms with Crippen LogP contribution < -0.4 is 0 Å². The molecule has 3 aliphatic rings. The van der Waals surface area contributed by atoms with Gasteiger partial charge in [0, 0.05) is 32.7 Å². The number of nitrogens with zero attached hydrogens (tertiary/aromatic N) is 5. The predicted octanol–water partition coefficient (Wildman–Crippen LogP) is 0.226. The summed E-state index contributed by atoms with van der Waals surface area (Å²) in [6.07, 6.45) is 0.991. The number of fused-ring (bicyclic) bond motifs is 2. The molecule has 27 heavy (non-hydrogen) atoms. The number of amides is 2. The van der Waals surface area contributed by atoms with Crippen LogP contribution in [0.1, 0.15) is 17.5 Å². The lowest BCUT2D eigenvalue weighted by molar-refractivity contribution is -0.164. The van der Waals surface area contributed by atoms with Gasteiger partial charge >= 0.3 is 0 Å². The fraction of sp³-hybridized carbons (Fsp3) is 0.600. The van der Waals surface area contributed by atoms with E-state index in [-0.39, 0.29) is 11.8 Å². The maximum absolute atomic E-state index is 12.8. The maximum Gasteiger partial charge on any atom is 0.255 e. The standard InChI is InChI=1S/C20H29N5O2/c1-21-9-11-22(12-10-21)7-4-8-23-15-19(26)24-13-17-5-2-3-6-18(17)14-25(24)20(27)16-23/h2-3,5-6H,4,7-16H2,1H3. The van der Waals surface area contributed by atoms with E-state index in [4.69, 9.17) is 0 Å². The molecule has 0 unspecified atom stereocenters. The Morgan fingerprint density at radius 1 is 0.741 bits per heavy atom. The lowest BCUT2D eigenvalue weighted by Crippen LogP contribution is -2.50. The van der Waals surface area contributed by atoms with Crippen molar-refractivity contribution in [3.05, 3.63) is 35.4 Å². The van der Waals surface area contributed by atoms with Crippen molar-refractivity contribution in [2.24, 2.45) is 0 Å². The summed E-state index contributed by atoms with van der Waals surface area (Å²) in [5, 5.41) is 3.29. The van der Waals surface area contributed by atoms with Gasteiger partial charge in [-0.25, -0.2) is 10.0 Å². The zero-order valence-corrected chi connectivity index (χ0v) is 16.1. The third-order valence-electron chi connectivity index (χ3n) is 5.89. The van der Waals surface area contributed by atoms with E-state index in [1.807, 2.05) is 29.2 Å². The summed E-state index contributed by atoms with van der Waals surface area (Å²) >= 11 is 0. The Balaban J connectivity index is 1.34. The largest absolute Gasteiger partial charge is 0.304 e.